The molecule has 2 aromatic rings. The van der Waals surface area contributed by atoms with E-state index in [0.29, 0.717) is 12.1 Å². The summed E-state index contributed by atoms with van der Waals surface area (Å²) in [5.41, 5.74) is 5.86. The highest BCUT2D eigenvalue weighted by Crippen LogP contribution is 2.25. The Morgan fingerprint density at radius 2 is 2.16 bits per heavy atom. The van der Waals surface area contributed by atoms with Gasteiger partial charge in [-0.15, -0.1) is 10.2 Å². The number of benzene rings is 1. The number of halogens is 1. The highest BCUT2D eigenvalue weighted by atomic mass is 35.5. The van der Waals surface area contributed by atoms with Gasteiger partial charge < -0.3 is 5.73 Å². The molecule has 102 valence electrons. The van der Waals surface area contributed by atoms with Crippen molar-refractivity contribution < 1.29 is 8.42 Å². The molecule has 3 N–H and O–H groups in total. The number of aryl methyl sites for hydroxylation is 1. The van der Waals surface area contributed by atoms with Crippen LogP contribution in [0.1, 0.15) is 11.9 Å². The molecule has 0 fully saturated rings. The third kappa shape index (κ3) is 3.14. The maximum Gasteiger partial charge on any atom is 0.263 e. The molecule has 0 atom stereocenters. The van der Waals surface area contributed by atoms with Gasteiger partial charge in [0.1, 0.15) is 5.01 Å². The fourth-order valence-corrected chi connectivity index (χ4v) is 3.47. The van der Waals surface area contributed by atoms with Crippen LogP contribution in [0.4, 0.5) is 10.8 Å². The zero-order valence-electron chi connectivity index (χ0n) is 9.92. The van der Waals surface area contributed by atoms with Crippen molar-refractivity contribution in [1.82, 2.24) is 10.2 Å². The lowest BCUT2D eigenvalue weighted by Crippen LogP contribution is -2.13. The van der Waals surface area contributed by atoms with Crippen molar-refractivity contribution in [2.24, 2.45) is 0 Å². The predicted octanol–water partition coefficient (Wildman–Crippen LogP) is 2.14. The number of nitrogen functional groups attached to an aromatic ring is 1. The number of hydrogen-bond acceptors (Lipinski definition) is 6. The summed E-state index contributed by atoms with van der Waals surface area (Å²) in [5, 5.41) is 8.77. The summed E-state index contributed by atoms with van der Waals surface area (Å²) in [6, 6.07) is 4.11. The Kier molecular flexibility index (Phi) is 3.93. The molecule has 19 heavy (non-hydrogen) atoms. The van der Waals surface area contributed by atoms with Gasteiger partial charge in [0.2, 0.25) is 5.13 Å². The van der Waals surface area contributed by atoms with Crippen LogP contribution in [0, 0.1) is 0 Å². The first-order valence-corrected chi connectivity index (χ1v) is 8.00. The average Bonchev–Trinajstić information content (AvgIpc) is 2.79. The average molecular weight is 319 g/mol. The van der Waals surface area contributed by atoms with E-state index in [1.54, 1.807) is 0 Å². The second kappa shape index (κ2) is 5.32. The van der Waals surface area contributed by atoms with E-state index in [4.69, 9.17) is 17.3 Å². The molecule has 0 spiro atoms. The lowest BCUT2D eigenvalue weighted by Gasteiger charge is -2.06. The van der Waals surface area contributed by atoms with E-state index in [9.17, 15) is 8.42 Å². The summed E-state index contributed by atoms with van der Waals surface area (Å²) in [6.45, 7) is 1.92. The number of nitrogens with zero attached hydrogens (tertiary/aromatic N) is 2. The minimum atomic E-state index is -3.73. The maximum atomic E-state index is 12.1. The molecule has 1 aromatic heterocycles. The first kappa shape index (κ1) is 14.0. The van der Waals surface area contributed by atoms with Gasteiger partial charge in [-0.05, 0) is 24.6 Å². The summed E-state index contributed by atoms with van der Waals surface area (Å²) < 4.78 is 26.5. The van der Waals surface area contributed by atoms with Gasteiger partial charge in [0.05, 0.1) is 15.6 Å². The molecule has 1 aromatic carbocycles. The van der Waals surface area contributed by atoms with Crippen molar-refractivity contribution in [3.8, 4) is 0 Å². The SMILES string of the molecule is CCc1nnc(NS(=O)(=O)c2ccc(N)c(Cl)c2)s1. The van der Waals surface area contributed by atoms with Gasteiger partial charge >= 0.3 is 0 Å². The van der Waals surface area contributed by atoms with Crippen LogP contribution in [0.2, 0.25) is 5.02 Å². The summed E-state index contributed by atoms with van der Waals surface area (Å²) in [7, 11) is -3.73. The van der Waals surface area contributed by atoms with Gasteiger partial charge in [0.25, 0.3) is 10.0 Å². The van der Waals surface area contributed by atoms with Gasteiger partial charge in [-0.1, -0.05) is 29.9 Å². The van der Waals surface area contributed by atoms with Crippen LogP contribution in [0.3, 0.4) is 0 Å². The van der Waals surface area contributed by atoms with E-state index in [1.165, 1.54) is 29.5 Å². The molecule has 0 bridgehead atoms. The molecular weight excluding hydrogens is 308 g/mol. The van der Waals surface area contributed by atoms with E-state index >= 15 is 0 Å². The molecule has 2 rings (SSSR count). The molecule has 0 unspecified atom stereocenters. The van der Waals surface area contributed by atoms with Crippen LogP contribution in [0.25, 0.3) is 0 Å². The van der Waals surface area contributed by atoms with Crippen molar-refractivity contribution in [2.45, 2.75) is 18.2 Å². The number of sulfonamides is 1. The van der Waals surface area contributed by atoms with Crippen LogP contribution < -0.4 is 10.5 Å². The number of rotatable bonds is 4. The van der Waals surface area contributed by atoms with Crippen molar-refractivity contribution in [3.63, 3.8) is 0 Å². The Morgan fingerprint density at radius 1 is 1.42 bits per heavy atom. The van der Waals surface area contributed by atoms with Crippen LogP contribution in [0.15, 0.2) is 23.1 Å². The van der Waals surface area contributed by atoms with Gasteiger partial charge in [-0.25, -0.2) is 8.42 Å². The van der Waals surface area contributed by atoms with E-state index in [0.717, 1.165) is 5.01 Å². The molecule has 0 aliphatic rings. The molecule has 9 heteroatoms. The Hall–Kier alpha value is -1.38. The number of hydrogen-bond donors (Lipinski definition) is 2. The number of anilines is 2. The van der Waals surface area contributed by atoms with Crippen molar-refractivity contribution >= 4 is 43.8 Å². The standard InChI is InChI=1S/C10H11ClN4O2S2/c1-2-9-13-14-10(18-9)15-19(16,17)6-3-4-8(12)7(11)5-6/h3-5H,2,12H2,1H3,(H,14,15). The largest absolute Gasteiger partial charge is 0.398 e. The Labute approximate surface area is 119 Å². The molecule has 0 radical (unpaired) electrons. The van der Waals surface area contributed by atoms with Gasteiger partial charge in [0.15, 0.2) is 0 Å². The van der Waals surface area contributed by atoms with Crippen molar-refractivity contribution in [2.75, 3.05) is 10.5 Å². The summed E-state index contributed by atoms with van der Waals surface area (Å²) >= 11 is 7.00. The van der Waals surface area contributed by atoms with Crippen LogP contribution in [-0.4, -0.2) is 18.6 Å². The molecule has 6 nitrogen and oxygen atoms in total. The second-order valence-electron chi connectivity index (χ2n) is 3.64. The Bertz CT molecular complexity index is 699. The molecule has 0 amide bonds. The van der Waals surface area contributed by atoms with Gasteiger partial charge in [-0.3, -0.25) is 4.72 Å². The fourth-order valence-electron chi connectivity index (χ4n) is 1.29. The summed E-state index contributed by atoms with van der Waals surface area (Å²) in [4.78, 5) is 0.0277. The van der Waals surface area contributed by atoms with E-state index < -0.39 is 10.0 Å². The van der Waals surface area contributed by atoms with Gasteiger partial charge in [-0.2, -0.15) is 0 Å². The molecule has 0 saturated heterocycles. The van der Waals surface area contributed by atoms with Crippen LogP contribution >= 0.6 is 22.9 Å². The molecule has 0 aliphatic carbocycles. The first-order chi connectivity index (χ1) is 8.92. The minimum Gasteiger partial charge on any atom is -0.398 e. The number of nitrogens with two attached hydrogens (primary N) is 1. The first-order valence-electron chi connectivity index (χ1n) is 5.32. The van der Waals surface area contributed by atoms with E-state index in [2.05, 4.69) is 14.9 Å². The van der Waals surface area contributed by atoms with Crippen molar-refractivity contribution in [3.05, 3.63) is 28.2 Å². The maximum absolute atomic E-state index is 12.1. The monoisotopic (exact) mass is 318 g/mol. The Balaban J connectivity index is 2.29. The fraction of sp³-hybridized carbons (Fsp3) is 0.200. The lowest BCUT2D eigenvalue weighted by atomic mass is 10.3. The quantitative estimate of drug-likeness (QED) is 0.842. The highest BCUT2D eigenvalue weighted by Gasteiger charge is 2.17. The minimum absolute atomic E-state index is 0.0277. The third-order valence-electron chi connectivity index (χ3n) is 2.27. The van der Waals surface area contributed by atoms with Crippen LogP contribution in [0.5, 0.6) is 0 Å². The smallest absolute Gasteiger partial charge is 0.263 e. The summed E-state index contributed by atoms with van der Waals surface area (Å²) in [5.74, 6) is 0. The molecule has 1 heterocycles. The third-order valence-corrected chi connectivity index (χ3v) is 5.05. The van der Waals surface area contributed by atoms with Crippen LogP contribution in [-0.2, 0) is 16.4 Å². The second-order valence-corrected chi connectivity index (χ2v) is 6.79. The topological polar surface area (TPSA) is 98.0 Å². The predicted molar refractivity (Wildman–Crippen MR) is 76.0 cm³/mol. The van der Waals surface area contributed by atoms with Gasteiger partial charge in [0, 0.05) is 0 Å². The zero-order chi connectivity index (χ0) is 14.0. The molecule has 0 saturated carbocycles. The number of nitrogens with one attached hydrogen (secondary N) is 1. The summed E-state index contributed by atoms with van der Waals surface area (Å²) in [6.07, 6.45) is 0.701. The van der Waals surface area contributed by atoms with E-state index in [1.807, 2.05) is 6.92 Å². The van der Waals surface area contributed by atoms with Crippen molar-refractivity contribution in [1.29, 1.82) is 0 Å². The Morgan fingerprint density at radius 3 is 2.74 bits per heavy atom. The number of aromatic nitrogens is 2. The highest BCUT2D eigenvalue weighted by molar-refractivity contribution is 7.93. The molecular formula is C10H11ClN4O2S2. The van der Waals surface area contributed by atoms with E-state index in [-0.39, 0.29) is 15.0 Å². The normalized spacial score (nSPS) is 11.5. The molecule has 0 aliphatic heterocycles. The lowest BCUT2D eigenvalue weighted by molar-refractivity contribution is 0.601. The zero-order valence-corrected chi connectivity index (χ0v) is 12.3.